The van der Waals surface area contributed by atoms with E-state index < -0.39 is 0 Å². The van der Waals surface area contributed by atoms with Gasteiger partial charge in [-0.15, -0.1) is 6.58 Å². The fourth-order valence-corrected chi connectivity index (χ4v) is 2.50. The number of anilines is 1. The number of hydrogen-bond donors (Lipinski definition) is 1. The molecule has 1 heterocycles. The zero-order chi connectivity index (χ0) is 13.2. The van der Waals surface area contributed by atoms with Gasteiger partial charge in [0, 0.05) is 23.7 Å². The van der Waals surface area contributed by atoms with E-state index in [1.165, 1.54) is 12.8 Å². The van der Waals surface area contributed by atoms with Gasteiger partial charge in [0.25, 0.3) is 0 Å². The molecule has 0 atom stereocenters. The monoisotopic (exact) mass is 254 g/mol. The number of nitrogens with zero attached hydrogens (tertiary/aromatic N) is 2. The van der Waals surface area contributed by atoms with Crippen molar-refractivity contribution in [2.24, 2.45) is 0 Å². The third kappa shape index (κ3) is 2.34. The van der Waals surface area contributed by atoms with Crippen LogP contribution in [0.25, 0.3) is 10.9 Å². The largest absolute Gasteiger partial charge is 0.390 e. The predicted molar refractivity (Wildman–Crippen MR) is 78.2 cm³/mol. The molecule has 0 saturated heterocycles. The minimum Gasteiger partial charge on any atom is -0.390 e. The van der Waals surface area contributed by atoms with Gasteiger partial charge in [0.2, 0.25) is 0 Å². The number of benzene rings is 1. The molecular weight excluding hydrogens is 236 g/mol. The van der Waals surface area contributed by atoms with Gasteiger partial charge in [-0.3, -0.25) is 4.98 Å². The molecule has 3 heteroatoms. The van der Waals surface area contributed by atoms with Crippen molar-refractivity contribution in [3.8, 4) is 0 Å². The van der Waals surface area contributed by atoms with Crippen molar-refractivity contribution in [1.82, 2.24) is 4.98 Å². The van der Waals surface area contributed by atoms with E-state index in [9.17, 15) is 5.11 Å². The summed E-state index contributed by atoms with van der Waals surface area (Å²) in [6.45, 7) is 4.67. The first-order valence-electron chi connectivity index (χ1n) is 6.70. The highest BCUT2D eigenvalue weighted by Gasteiger charge is 2.29. The number of fused-ring (bicyclic) bond motifs is 1. The summed E-state index contributed by atoms with van der Waals surface area (Å²) in [7, 11) is 0. The van der Waals surface area contributed by atoms with Gasteiger partial charge in [0.1, 0.15) is 0 Å². The number of rotatable bonds is 5. The SMILES string of the molecule is C=CCN(c1cc(CO)nc2ccccc12)C1CC1. The fraction of sp³-hybridized carbons (Fsp3) is 0.312. The van der Waals surface area contributed by atoms with E-state index in [0.29, 0.717) is 6.04 Å². The first kappa shape index (κ1) is 12.2. The molecule has 0 radical (unpaired) electrons. The van der Waals surface area contributed by atoms with Gasteiger partial charge >= 0.3 is 0 Å². The number of aliphatic hydroxyl groups is 1. The lowest BCUT2D eigenvalue weighted by atomic mass is 10.1. The molecule has 1 aliphatic rings. The molecule has 98 valence electrons. The highest BCUT2D eigenvalue weighted by atomic mass is 16.3. The Labute approximate surface area is 113 Å². The number of aromatic nitrogens is 1. The maximum atomic E-state index is 9.39. The van der Waals surface area contributed by atoms with Gasteiger partial charge < -0.3 is 10.0 Å². The van der Waals surface area contributed by atoms with Crippen LogP contribution >= 0.6 is 0 Å². The second kappa shape index (κ2) is 5.02. The van der Waals surface area contributed by atoms with Gasteiger partial charge in [0.05, 0.1) is 17.8 Å². The van der Waals surface area contributed by atoms with Gasteiger partial charge in [-0.05, 0) is 25.0 Å². The summed E-state index contributed by atoms with van der Waals surface area (Å²) in [5.74, 6) is 0. The van der Waals surface area contributed by atoms with Crippen molar-refractivity contribution in [3.63, 3.8) is 0 Å². The minimum absolute atomic E-state index is 0.0234. The van der Waals surface area contributed by atoms with Crippen molar-refractivity contribution >= 4 is 16.6 Å². The van der Waals surface area contributed by atoms with Crippen molar-refractivity contribution in [2.45, 2.75) is 25.5 Å². The summed E-state index contributed by atoms with van der Waals surface area (Å²) >= 11 is 0. The van der Waals surface area contributed by atoms with E-state index in [2.05, 4.69) is 22.5 Å². The predicted octanol–water partition coefficient (Wildman–Crippen LogP) is 2.88. The van der Waals surface area contributed by atoms with Gasteiger partial charge in [-0.1, -0.05) is 24.3 Å². The summed E-state index contributed by atoms with van der Waals surface area (Å²) in [6, 6.07) is 10.7. The Morgan fingerprint density at radius 1 is 1.37 bits per heavy atom. The van der Waals surface area contributed by atoms with Crippen molar-refractivity contribution in [1.29, 1.82) is 0 Å². The lowest BCUT2D eigenvalue weighted by Crippen LogP contribution is -2.26. The molecule has 2 aromatic rings. The number of aliphatic hydroxyl groups excluding tert-OH is 1. The van der Waals surface area contributed by atoms with Crippen LogP contribution in [0.2, 0.25) is 0 Å². The van der Waals surface area contributed by atoms with E-state index in [1.54, 1.807) is 0 Å². The maximum Gasteiger partial charge on any atom is 0.0854 e. The van der Waals surface area contributed by atoms with E-state index in [0.717, 1.165) is 28.8 Å². The standard InChI is InChI=1S/C16H18N2O/c1-2-9-18(13-7-8-13)16-10-12(11-19)17-15-6-4-3-5-14(15)16/h2-6,10,13,19H,1,7-9,11H2. The lowest BCUT2D eigenvalue weighted by molar-refractivity contribution is 0.277. The molecule has 0 spiro atoms. The Morgan fingerprint density at radius 2 is 2.16 bits per heavy atom. The highest BCUT2D eigenvalue weighted by molar-refractivity contribution is 5.92. The first-order valence-corrected chi connectivity index (χ1v) is 6.70. The molecule has 1 saturated carbocycles. The molecule has 3 nitrogen and oxygen atoms in total. The Hall–Kier alpha value is -1.87. The Morgan fingerprint density at radius 3 is 2.84 bits per heavy atom. The van der Waals surface area contributed by atoms with E-state index >= 15 is 0 Å². The van der Waals surface area contributed by atoms with Crippen molar-refractivity contribution in [3.05, 3.63) is 48.7 Å². The normalized spacial score (nSPS) is 14.6. The second-order valence-corrected chi connectivity index (χ2v) is 4.98. The molecule has 0 aliphatic heterocycles. The molecule has 1 aromatic heterocycles. The zero-order valence-corrected chi connectivity index (χ0v) is 10.9. The molecule has 1 aromatic carbocycles. The summed E-state index contributed by atoms with van der Waals surface area (Å²) in [5.41, 5.74) is 2.83. The van der Waals surface area contributed by atoms with Gasteiger partial charge in [-0.25, -0.2) is 0 Å². The molecule has 1 aliphatic carbocycles. The fourth-order valence-electron chi connectivity index (χ4n) is 2.50. The van der Waals surface area contributed by atoms with E-state index in [1.807, 2.05) is 30.3 Å². The average molecular weight is 254 g/mol. The van der Waals surface area contributed by atoms with Crippen LogP contribution in [0.4, 0.5) is 5.69 Å². The molecule has 0 bridgehead atoms. The molecule has 19 heavy (non-hydrogen) atoms. The lowest BCUT2D eigenvalue weighted by Gasteiger charge is -2.25. The topological polar surface area (TPSA) is 36.4 Å². The summed E-state index contributed by atoms with van der Waals surface area (Å²) in [5, 5.41) is 10.5. The second-order valence-electron chi connectivity index (χ2n) is 4.98. The summed E-state index contributed by atoms with van der Waals surface area (Å²) in [6.07, 6.45) is 4.41. The molecular formula is C16H18N2O. The molecule has 1 fully saturated rings. The van der Waals surface area contributed by atoms with Gasteiger partial charge in [0.15, 0.2) is 0 Å². The van der Waals surface area contributed by atoms with Crippen molar-refractivity contribution < 1.29 is 5.11 Å². The van der Waals surface area contributed by atoms with Crippen LogP contribution in [-0.2, 0) is 6.61 Å². The molecule has 1 N–H and O–H groups in total. The summed E-state index contributed by atoms with van der Waals surface area (Å²) < 4.78 is 0. The number of para-hydroxylation sites is 1. The van der Waals surface area contributed by atoms with Crippen LogP contribution in [0.3, 0.4) is 0 Å². The van der Waals surface area contributed by atoms with Crippen LogP contribution < -0.4 is 4.90 Å². The quantitative estimate of drug-likeness (QED) is 0.833. The van der Waals surface area contributed by atoms with Crippen molar-refractivity contribution in [2.75, 3.05) is 11.4 Å². The van der Waals surface area contributed by atoms with E-state index in [4.69, 9.17) is 0 Å². The number of pyridine rings is 1. The third-order valence-corrected chi connectivity index (χ3v) is 3.53. The third-order valence-electron chi connectivity index (χ3n) is 3.53. The molecule has 0 unspecified atom stereocenters. The average Bonchev–Trinajstić information content (AvgIpc) is 3.28. The van der Waals surface area contributed by atoms with Crippen LogP contribution in [0.15, 0.2) is 43.0 Å². The molecule has 0 amide bonds. The van der Waals surface area contributed by atoms with E-state index in [-0.39, 0.29) is 6.61 Å². The Kier molecular flexibility index (Phi) is 3.22. The van der Waals surface area contributed by atoms with Crippen LogP contribution in [0, 0.1) is 0 Å². The highest BCUT2D eigenvalue weighted by Crippen LogP contribution is 2.35. The van der Waals surface area contributed by atoms with Crippen LogP contribution in [0.1, 0.15) is 18.5 Å². The van der Waals surface area contributed by atoms with Crippen LogP contribution in [0.5, 0.6) is 0 Å². The van der Waals surface area contributed by atoms with Gasteiger partial charge in [-0.2, -0.15) is 0 Å². The first-order chi connectivity index (χ1) is 9.33. The Bertz CT molecular complexity index is 605. The smallest absolute Gasteiger partial charge is 0.0854 e. The minimum atomic E-state index is -0.0234. The summed E-state index contributed by atoms with van der Waals surface area (Å²) in [4.78, 5) is 6.85. The molecule has 3 rings (SSSR count). The van der Waals surface area contributed by atoms with Crippen LogP contribution in [-0.4, -0.2) is 22.7 Å². The number of hydrogen-bond acceptors (Lipinski definition) is 3. The Balaban J connectivity index is 2.16. The maximum absolute atomic E-state index is 9.39. The zero-order valence-electron chi connectivity index (χ0n) is 10.9.